The first kappa shape index (κ1) is 22.7. The van der Waals surface area contributed by atoms with Gasteiger partial charge in [-0.1, -0.05) is 30.0 Å². The zero-order valence-electron chi connectivity index (χ0n) is 18.3. The highest BCUT2D eigenvalue weighted by atomic mass is 32.2. The van der Waals surface area contributed by atoms with Crippen molar-refractivity contribution in [3.63, 3.8) is 0 Å². The van der Waals surface area contributed by atoms with Crippen molar-refractivity contribution in [2.45, 2.75) is 24.1 Å². The standard InChI is InChI=1S/C23H23N3O6S/c1-30-15-6-4-5-13(9-15)16-11-17(14-7-8-18(31-2)19(10-14)32-3)26(25-16)23-24-22(29)20(33-23)12-21(27)28/h4-10,17,20H,11-12H2,1-3H3,(H,27,28). The number of carboxylic acid groups (broad SMARTS) is 1. The van der Waals surface area contributed by atoms with E-state index in [0.717, 1.165) is 28.6 Å². The fourth-order valence-electron chi connectivity index (χ4n) is 3.75. The van der Waals surface area contributed by atoms with E-state index in [9.17, 15) is 9.59 Å². The summed E-state index contributed by atoms with van der Waals surface area (Å²) in [6.07, 6.45) is 0.248. The van der Waals surface area contributed by atoms with Gasteiger partial charge in [0.25, 0.3) is 5.91 Å². The number of nitrogens with zero attached hydrogens (tertiary/aromatic N) is 3. The molecule has 0 fully saturated rings. The number of aliphatic imine (C=N–C) groups is 1. The molecule has 0 saturated heterocycles. The van der Waals surface area contributed by atoms with Gasteiger partial charge in [-0.25, -0.2) is 5.01 Å². The number of ether oxygens (including phenoxy) is 3. The van der Waals surface area contributed by atoms with Gasteiger partial charge in [0.05, 0.1) is 39.5 Å². The smallest absolute Gasteiger partial charge is 0.305 e. The van der Waals surface area contributed by atoms with Gasteiger partial charge in [0.2, 0.25) is 0 Å². The van der Waals surface area contributed by atoms with E-state index < -0.39 is 17.1 Å². The maximum atomic E-state index is 12.3. The van der Waals surface area contributed by atoms with Crippen LogP contribution in [-0.2, 0) is 9.59 Å². The van der Waals surface area contributed by atoms with E-state index in [-0.39, 0.29) is 12.5 Å². The minimum absolute atomic E-state index is 0.270. The number of hydrazone groups is 1. The first-order valence-corrected chi connectivity index (χ1v) is 11.1. The molecule has 2 heterocycles. The minimum Gasteiger partial charge on any atom is -0.497 e. The van der Waals surface area contributed by atoms with Crippen LogP contribution in [0.4, 0.5) is 0 Å². The van der Waals surface area contributed by atoms with Gasteiger partial charge in [-0.05, 0) is 29.8 Å². The largest absolute Gasteiger partial charge is 0.497 e. The molecule has 0 saturated carbocycles. The molecule has 2 aromatic carbocycles. The predicted molar refractivity (Wildman–Crippen MR) is 124 cm³/mol. The molecule has 1 amide bonds. The van der Waals surface area contributed by atoms with Crippen LogP contribution in [0.25, 0.3) is 0 Å². The van der Waals surface area contributed by atoms with Crippen LogP contribution in [0.3, 0.4) is 0 Å². The third-order valence-electron chi connectivity index (χ3n) is 5.39. The van der Waals surface area contributed by atoms with Crippen LogP contribution in [0.5, 0.6) is 17.2 Å². The summed E-state index contributed by atoms with van der Waals surface area (Å²) in [5.74, 6) is 0.375. The highest BCUT2D eigenvalue weighted by Gasteiger charge is 2.39. The summed E-state index contributed by atoms with van der Waals surface area (Å²) in [6.45, 7) is 0. The zero-order valence-corrected chi connectivity index (χ0v) is 19.2. The molecule has 2 unspecified atom stereocenters. The number of methoxy groups -OCH3 is 3. The lowest BCUT2D eigenvalue weighted by molar-refractivity contribution is -0.138. The summed E-state index contributed by atoms with van der Waals surface area (Å²) >= 11 is 1.12. The lowest BCUT2D eigenvalue weighted by Gasteiger charge is -2.23. The van der Waals surface area contributed by atoms with Crippen LogP contribution >= 0.6 is 11.8 Å². The average Bonchev–Trinajstić information content (AvgIpc) is 3.42. The third-order valence-corrected chi connectivity index (χ3v) is 6.53. The second-order valence-electron chi connectivity index (χ2n) is 7.39. The van der Waals surface area contributed by atoms with Crippen molar-refractivity contribution in [1.82, 2.24) is 5.01 Å². The van der Waals surface area contributed by atoms with Crippen LogP contribution in [-0.4, -0.2) is 59.5 Å². The number of hydrogen-bond donors (Lipinski definition) is 1. The Bertz CT molecular complexity index is 1150. The maximum Gasteiger partial charge on any atom is 0.305 e. The molecule has 2 aliphatic rings. The molecule has 0 aliphatic carbocycles. The number of carbonyl (C=O) groups is 2. The van der Waals surface area contributed by atoms with E-state index >= 15 is 0 Å². The van der Waals surface area contributed by atoms with E-state index in [1.165, 1.54) is 0 Å². The monoisotopic (exact) mass is 469 g/mol. The van der Waals surface area contributed by atoms with Crippen LogP contribution in [0, 0.1) is 0 Å². The SMILES string of the molecule is COc1cccc(C2=NN(C3=NC(=O)C(CC(=O)O)S3)C(c3ccc(OC)c(OC)c3)C2)c1. The molecule has 33 heavy (non-hydrogen) atoms. The third kappa shape index (κ3) is 4.65. The van der Waals surface area contributed by atoms with E-state index in [1.807, 2.05) is 42.5 Å². The quantitative estimate of drug-likeness (QED) is 0.658. The van der Waals surface area contributed by atoms with Crippen LogP contribution in [0.15, 0.2) is 52.6 Å². The molecule has 172 valence electrons. The Morgan fingerprint density at radius 2 is 1.91 bits per heavy atom. The number of amidine groups is 1. The lowest BCUT2D eigenvalue weighted by Crippen LogP contribution is -2.24. The van der Waals surface area contributed by atoms with Gasteiger partial charge in [-0.3, -0.25) is 9.59 Å². The molecular formula is C23H23N3O6S. The number of carboxylic acids is 1. The van der Waals surface area contributed by atoms with Crippen molar-refractivity contribution in [2.75, 3.05) is 21.3 Å². The second-order valence-corrected chi connectivity index (χ2v) is 8.56. The van der Waals surface area contributed by atoms with Crippen molar-refractivity contribution in [3.8, 4) is 17.2 Å². The van der Waals surface area contributed by atoms with Gasteiger partial charge in [0, 0.05) is 12.0 Å². The Kier molecular flexibility index (Phi) is 6.55. The molecule has 2 atom stereocenters. The molecular weight excluding hydrogens is 446 g/mol. The molecule has 1 N–H and O–H groups in total. The highest BCUT2D eigenvalue weighted by Crippen LogP contribution is 2.41. The normalized spacial score (nSPS) is 19.8. The van der Waals surface area contributed by atoms with Gasteiger partial charge in [0.1, 0.15) is 11.0 Å². The Labute approximate surface area is 195 Å². The molecule has 4 rings (SSSR count). The summed E-state index contributed by atoms with van der Waals surface area (Å²) in [5, 5.41) is 15.2. The van der Waals surface area contributed by atoms with Crippen molar-refractivity contribution in [2.24, 2.45) is 10.1 Å². The Morgan fingerprint density at radius 3 is 2.61 bits per heavy atom. The molecule has 2 aliphatic heterocycles. The predicted octanol–water partition coefficient (Wildman–Crippen LogP) is 3.34. The Balaban J connectivity index is 1.71. The Hall–Kier alpha value is -3.53. The average molecular weight is 470 g/mol. The number of aliphatic carboxylic acids is 1. The summed E-state index contributed by atoms with van der Waals surface area (Å²) in [7, 11) is 4.74. The molecule has 9 nitrogen and oxygen atoms in total. The molecule has 0 aromatic heterocycles. The molecule has 0 radical (unpaired) electrons. The van der Waals surface area contributed by atoms with Crippen LogP contribution < -0.4 is 14.2 Å². The number of amides is 1. The van der Waals surface area contributed by atoms with Crippen LogP contribution in [0.1, 0.15) is 30.0 Å². The van der Waals surface area contributed by atoms with Gasteiger partial charge < -0.3 is 19.3 Å². The first-order chi connectivity index (χ1) is 15.9. The summed E-state index contributed by atoms with van der Waals surface area (Å²) in [4.78, 5) is 27.6. The van der Waals surface area contributed by atoms with Crippen molar-refractivity contribution in [1.29, 1.82) is 0 Å². The Morgan fingerprint density at radius 1 is 1.12 bits per heavy atom. The number of thioether (sulfide) groups is 1. The summed E-state index contributed by atoms with van der Waals surface area (Å²) < 4.78 is 16.2. The first-order valence-electron chi connectivity index (χ1n) is 10.2. The van der Waals surface area contributed by atoms with E-state index in [1.54, 1.807) is 26.3 Å². The van der Waals surface area contributed by atoms with E-state index in [4.69, 9.17) is 24.4 Å². The van der Waals surface area contributed by atoms with Gasteiger partial charge in [-0.2, -0.15) is 10.1 Å². The number of hydrogen-bond acceptors (Lipinski definition) is 8. The summed E-state index contributed by atoms with van der Waals surface area (Å²) in [6, 6.07) is 12.9. The maximum absolute atomic E-state index is 12.3. The van der Waals surface area contributed by atoms with Crippen molar-refractivity contribution >= 4 is 34.5 Å². The van der Waals surface area contributed by atoms with Gasteiger partial charge >= 0.3 is 5.97 Å². The fraction of sp³-hybridized carbons (Fsp3) is 0.304. The lowest BCUT2D eigenvalue weighted by atomic mass is 9.98. The minimum atomic E-state index is -1.05. The van der Waals surface area contributed by atoms with Crippen LogP contribution in [0.2, 0.25) is 0 Å². The molecule has 10 heteroatoms. The van der Waals surface area contributed by atoms with Crippen molar-refractivity contribution in [3.05, 3.63) is 53.6 Å². The zero-order chi connectivity index (χ0) is 23.5. The van der Waals surface area contributed by atoms with E-state index in [0.29, 0.717) is 28.8 Å². The van der Waals surface area contributed by atoms with Gasteiger partial charge in [-0.15, -0.1) is 0 Å². The molecule has 0 spiro atoms. The number of benzene rings is 2. The topological polar surface area (TPSA) is 110 Å². The molecule has 0 bridgehead atoms. The van der Waals surface area contributed by atoms with E-state index in [2.05, 4.69) is 4.99 Å². The summed E-state index contributed by atoms with van der Waals surface area (Å²) in [5.41, 5.74) is 2.58. The van der Waals surface area contributed by atoms with Crippen molar-refractivity contribution < 1.29 is 28.9 Å². The van der Waals surface area contributed by atoms with Gasteiger partial charge in [0.15, 0.2) is 16.7 Å². The highest BCUT2D eigenvalue weighted by molar-refractivity contribution is 8.15. The second kappa shape index (κ2) is 9.53. The molecule has 2 aromatic rings. The number of carbonyl (C=O) groups excluding carboxylic acids is 1. The fourth-order valence-corrected chi connectivity index (χ4v) is 4.80. The number of rotatable bonds is 7.